The molecule has 0 N–H and O–H groups in total. The van der Waals surface area contributed by atoms with Gasteiger partial charge in [-0.05, 0) is 12.1 Å². The van der Waals surface area contributed by atoms with Gasteiger partial charge in [0.25, 0.3) is 0 Å². The van der Waals surface area contributed by atoms with Crippen molar-refractivity contribution in [3.05, 3.63) is 48.1 Å². The zero-order valence-electron chi connectivity index (χ0n) is 8.11. The largest absolute Gasteiger partial charge is 0.486 e. The number of ether oxygens (including phenoxy) is 1. The third-order valence-electron chi connectivity index (χ3n) is 1.96. The van der Waals surface area contributed by atoms with E-state index in [2.05, 4.69) is 11.6 Å². The Balaban J connectivity index is 2.26. The Labute approximate surface area is 93.2 Å². The van der Waals surface area contributed by atoms with E-state index in [1.165, 1.54) is 0 Å². The van der Waals surface area contributed by atoms with Gasteiger partial charge in [-0.25, -0.2) is 0 Å². The molecule has 0 spiro atoms. The Morgan fingerprint density at radius 2 is 2.20 bits per heavy atom. The molecule has 2 nitrogen and oxygen atoms in total. The van der Waals surface area contributed by atoms with Gasteiger partial charge in [0.1, 0.15) is 12.4 Å². The Hall–Kier alpha value is -1.54. The first kappa shape index (κ1) is 9.99. The van der Waals surface area contributed by atoms with E-state index >= 15 is 0 Å². The second-order valence-electron chi connectivity index (χ2n) is 3.17. The van der Waals surface area contributed by atoms with Gasteiger partial charge in [-0.3, -0.25) is 4.98 Å². The molecule has 0 saturated carbocycles. The molecule has 0 fully saturated rings. The van der Waals surface area contributed by atoms with Crippen LogP contribution in [-0.2, 0) is 0 Å². The summed E-state index contributed by atoms with van der Waals surface area (Å²) in [7, 11) is 0. The predicted octanol–water partition coefficient (Wildman–Crippen LogP) is 3.37. The second kappa shape index (κ2) is 4.32. The molecule has 2 rings (SSSR count). The molecule has 2 aromatic rings. The summed E-state index contributed by atoms with van der Waals surface area (Å²) in [5.74, 6) is 0.704. The van der Waals surface area contributed by atoms with Gasteiger partial charge >= 0.3 is 0 Å². The summed E-state index contributed by atoms with van der Waals surface area (Å²) in [4.78, 5) is 4.26. The fraction of sp³-hybridized carbons (Fsp3) is 0.0833. The van der Waals surface area contributed by atoms with Crippen LogP contribution in [0.3, 0.4) is 0 Å². The number of hydrogen-bond donors (Lipinski definition) is 0. The zero-order valence-corrected chi connectivity index (χ0v) is 8.87. The quantitative estimate of drug-likeness (QED) is 0.790. The van der Waals surface area contributed by atoms with Crippen LogP contribution in [0.4, 0.5) is 0 Å². The lowest BCUT2D eigenvalue weighted by Gasteiger charge is -2.05. The van der Waals surface area contributed by atoms with Gasteiger partial charge in [0.15, 0.2) is 0 Å². The lowest BCUT2D eigenvalue weighted by atomic mass is 10.2. The molecule has 1 aromatic heterocycles. The van der Waals surface area contributed by atoms with Gasteiger partial charge in [0, 0.05) is 10.4 Å². The number of hydrogen-bond acceptors (Lipinski definition) is 2. The third-order valence-corrected chi connectivity index (χ3v) is 2.07. The molecule has 0 saturated heterocycles. The number of benzene rings is 1. The van der Waals surface area contributed by atoms with Crippen molar-refractivity contribution in [3.63, 3.8) is 0 Å². The van der Waals surface area contributed by atoms with Crippen molar-refractivity contribution in [1.29, 1.82) is 0 Å². The smallest absolute Gasteiger partial charge is 0.138 e. The van der Waals surface area contributed by atoms with Crippen LogP contribution in [0.5, 0.6) is 5.75 Å². The number of pyridine rings is 1. The Bertz CT molecular complexity index is 496. The van der Waals surface area contributed by atoms with Gasteiger partial charge in [-0.2, -0.15) is 0 Å². The van der Waals surface area contributed by atoms with E-state index in [0.717, 1.165) is 10.9 Å². The SMILES string of the molecule is C=C(Cl)COc1cnc2ccccc2c1. The molecule has 0 aliphatic rings. The minimum Gasteiger partial charge on any atom is -0.486 e. The molecule has 3 heteroatoms. The lowest BCUT2D eigenvalue weighted by Crippen LogP contribution is -1.96. The maximum absolute atomic E-state index is 5.61. The van der Waals surface area contributed by atoms with Crippen molar-refractivity contribution in [2.24, 2.45) is 0 Å². The van der Waals surface area contributed by atoms with Gasteiger partial charge < -0.3 is 4.74 Å². The highest BCUT2D eigenvalue weighted by atomic mass is 35.5. The molecule has 0 bridgehead atoms. The maximum atomic E-state index is 5.61. The van der Waals surface area contributed by atoms with E-state index in [0.29, 0.717) is 17.4 Å². The van der Waals surface area contributed by atoms with Crippen molar-refractivity contribution in [3.8, 4) is 5.75 Å². The highest BCUT2D eigenvalue weighted by Gasteiger charge is 1.98. The summed E-state index contributed by atoms with van der Waals surface area (Å²) in [6.07, 6.45) is 1.68. The van der Waals surface area contributed by atoms with Crippen molar-refractivity contribution < 1.29 is 4.74 Å². The normalized spacial score (nSPS) is 10.2. The van der Waals surface area contributed by atoms with E-state index in [1.54, 1.807) is 6.20 Å². The topological polar surface area (TPSA) is 22.1 Å². The minimum atomic E-state index is 0.307. The molecular weight excluding hydrogens is 210 g/mol. The summed E-state index contributed by atoms with van der Waals surface area (Å²) in [5, 5.41) is 1.53. The average molecular weight is 220 g/mol. The van der Waals surface area contributed by atoms with Gasteiger partial charge in [0.2, 0.25) is 0 Å². The first-order valence-electron chi connectivity index (χ1n) is 4.56. The Morgan fingerprint density at radius 1 is 1.40 bits per heavy atom. The van der Waals surface area contributed by atoms with E-state index < -0.39 is 0 Å². The van der Waals surface area contributed by atoms with Gasteiger partial charge in [-0.1, -0.05) is 36.4 Å². The Morgan fingerprint density at radius 3 is 3.00 bits per heavy atom. The molecular formula is C12H10ClNO. The number of halogens is 1. The molecule has 0 aliphatic heterocycles. The maximum Gasteiger partial charge on any atom is 0.138 e. The second-order valence-corrected chi connectivity index (χ2v) is 3.70. The number of aromatic nitrogens is 1. The molecule has 0 radical (unpaired) electrons. The van der Waals surface area contributed by atoms with E-state index in [9.17, 15) is 0 Å². The van der Waals surface area contributed by atoms with Crippen LogP contribution < -0.4 is 4.74 Å². The number of fused-ring (bicyclic) bond motifs is 1. The number of nitrogens with zero attached hydrogens (tertiary/aromatic N) is 1. The number of para-hydroxylation sites is 1. The van der Waals surface area contributed by atoms with Crippen molar-refractivity contribution in [2.45, 2.75) is 0 Å². The Kier molecular flexibility index (Phi) is 2.88. The van der Waals surface area contributed by atoms with Crippen LogP contribution in [0, 0.1) is 0 Å². The number of rotatable bonds is 3. The molecule has 0 atom stereocenters. The first-order valence-corrected chi connectivity index (χ1v) is 4.94. The van der Waals surface area contributed by atoms with Crippen LogP contribution in [0.15, 0.2) is 48.1 Å². The molecule has 76 valence electrons. The van der Waals surface area contributed by atoms with E-state index in [-0.39, 0.29) is 0 Å². The van der Waals surface area contributed by atoms with Crippen LogP contribution in [0.2, 0.25) is 0 Å². The molecule has 0 amide bonds. The fourth-order valence-corrected chi connectivity index (χ4v) is 1.35. The standard InChI is InChI=1S/C12H10ClNO/c1-9(13)8-15-11-6-10-4-2-3-5-12(10)14-7-11/h2-7H,1,8H2. The fourth-order valence-electron chi connectivity index (χ4n) is 1.29. The summed E-state index contributed by atoms with van der Waals surface area (Å²) in [6.45, 7) is 3.86. The van der Waals surface area contributed by atoms with Crippen molar-refractivity contribution in [2.75, 3.05) is 6.61 Å². The van der Waals surface area contributed by atoms with Gasteiger partial charge in [-0.15, -0.1) is 0 Å². The lowest BCUT2D eigenvalue weighted by molar-refractivity contribution is 0.359. The molecule has 0 unspecified atom stereocenters. The van der Waals surface area contributed by atoms with E-state index in [1.807, 2.05) is 30.3 Å². The summed E-state index contributed by atoms with van der Waals surface area (Å²) in [6, 6.07) is 9.80. The summed E-state index contributed by atoms with van der Waals surface area (Å²) < 4.78 is 5.38. The van der Waals surface area contributed by atoms with E-state index in [4.69, 9.17) is 16.3 Å². The van der Waals surface area contributed by atoms with Gasteiger partial charge in [0.05, 0.1) is 11.7 Å². The van der Waals surface area contributed by atoms with Crippen LogP contribution >= 0.6 is 11.6 Å². The van der Waals surface area contributed by atoms with Crippen LogP contribution in [0.1, 0.15) is 0 Å². The highest BCUT2D eigenvalue weighted by Crippen LogP contribution is 2.18. The molecule has 1 heterocycles. The highest BCUT2D eigenvalue weighted by molar-refractivity contribution is 6.29. The van der Waals surface area contributed by atoms with Crippen LogP contribution in [-0.4, -0.2) is 11.6 Å². The van der Waals surface area contributed by atoms with Crippen molar-refractivity contribution >= 4 is 22.5 Å². The molecule has 0 aliphatic carbocycles. The third kappa shape index (κ3) is 2.48. The van der Waals surface area contributed by atoms with Crippen molar-refractivity contribution in [1.82, 2.24) is 4.98 Å². The van der Waals surface area contributed by atoms with Crippen LogP contribution in [0.25, 0.3) is 10.9 Å². The zero-order chi connectivity index (χ0) is 10.7. The monoisotopic (exact) mass is 219 g/mol. The molecule has 15 heavy (non-hydrogen) atoms. The average Bonchev–Trinajstić information content (AvgIpc) is 2.26. The first-order chi connectivity index (χ1) is 7.25. The summed E-state index contributed by atoms with van der Waals surface area (Å²) in [5.41, 5.74) is 0.953. The summed E-state index contributed by atoms with van der Waals surface area (Å²) >= 11 is 5.61. The predicted molar refractivity (Wildman–Crippen MR) is 62.2 cm³/mol. The minimum absolute atomic E-state index is 0.307. The molecule has 1 aromatic carbocycles.